The monoisotopic (exact) mass is 191 g/mol. The third-order valence-corrected chi connectivity index (χ3v) is 2.29. The molecule has 0 atom stereocenters. The first kappa shape index (κ1) is 9.13. The predicted molar refractivity (Wildman–Crippen MR) is 52.9 cm³/mol. The summed E-state index contributed by atoms with van der Waals surface area (Å²) in [5.74, 6) is -1.57. The molecule has 2 rings (SSSR count). The third kappa shape index (κ3) is 1.27. The van der Waals surface area contributed by atoms with Crippen LogP contribution in [0.5, 0.6) is 0 Å². The fraction of sp³-hybridized carbons (Fsp3) is 0.0833. The van der Waals surface area contributed by atoms with Crippen LogP contribution in [0, 0.1) is 18.1 Å². The Morgan fingerprint density at radius 2 is 1.79 bits per heavy atom. The maximum Gasteiger partial charge on any atom is 0.166 e. The van der Waals surface area contributed by atoms with Crippen molar-refractivity contribution in [2.75, 3.05) is 0 Å². The molecule has 0 aromatic heterocycles. The molecule has 0 aliphatic rings. The van der Waals surface area contributed by atoms with Crippen LogP contribution in [0.2, 0.25) is 0 Å². The van der Waals surface area contributed by atoms with E-state index in [2.05, 4.69) is 0 Å². The van der Waals surface area contributed by atoms with Crippen molar-refractivity contribution in [3.63, 3.8) is 0 Å². The Balaban J connectivity index is 2.86. The number of hydrogen-bond donors (Lipinski definition) is 0. The maximum atomic E-state index is 13.3. The summed E-state index contributed by atoms with van der Waals surface area (Å²) in [5.41, 5.74) is 0.918. The highest BCUT2D eigenvalue weighted by Gasteiger charge is 2.08. The molecule has 14 heavy (non-hydrogen) atoms. The molecule has 0 aliphatic carbocycles. The molecular formula is C12H9F2. The second-order valence-electron chi connectivity index (χ2n) is 3.09. The molecule has 0 bridgehead atoms. The first-order chi connectivity index (χ1) is 6.74. The Labute approximate surface area is 81.2 Å². The van der Waals surface area contributed by atoms with Gasteiger partial charge in [-0.15, -0.1) is 0 Å². The second-order valence-corrected chi connectivity index (χ2v) is 3.09. The largest absolute Gasteiger partial charge is 0.204 e. The van der Waals surface area contributed by atoms with Gasteiger partial charge in [0.05, 0.1) is 0 Å². The van der Waals surface area contributed by atoms with Gasteiger partial charge in [0.15, 0.2) is 11.6 Å². The molecule has 0 heterocycles. The van der Waals surface area contributed by atoms with Gasteiger partial charge in [-0.1, -0.05) is 31.2 Å². The van der Waals surface area contributed by atoms with Crippen molar-refractivity contribution in [3.8, 4) is 0 Å². The van der Waals surface area contributed by atoms with E-state index in [-0.39, 0.29) is 0 Å². The van der Waals surface area contributed by atoms with Gasteiger partial charge in [0.1, 0.15) is 0 Å². The zero-order valence-electron chi connectivity index (χ0n) is 7.72. The lowest BCUT2D eigenvalue weighted by Crippen LogP contribution is -1.88. The molecule has 1 radical (unpaired) electrons. The minimum Gasteiger partial charge on any atom is -0.204 e. The smallest absolute Gasteiger partial charge is 0.166 e. The average Bonchev–Trinajstić information content (AvgIpc) is 2.23. The summed E-state index contributed by atoms with van der Waals surface area (Å²) in [5, 5.41) is 1.08. The van der Waals surface area contributed by atoms with Crippen LogP contribution in [-0.2, 0) is 0 Å². The van der Waals surface area contributed by atoms with Crippen LogP contribution in [-0.4, -0.2) is 0 Å². The Morgan fingerprint density at radius 1 is 1.00 bits per heavy atom. The maximum absolute atomic E-state index is 13.3. The lowest BCUT2D eigenvalue weighted by atomic mass is 10.0. The molecule has 0 nitrogen and oxygen atoms in total. The predicted octanol–water partition coefficient (Wildman–Crippen LogP) is 3.69. The van der Waals surface area contributed by atoms with E-state index in [0.29, 0.717) is 5.39 Å². The molecule has 0 N–H and O–H groups in total. The van der Waals surface area contributed by atoms with E-state index in [4.69, 9.17) is 0 Å². The van der Waals surface area contributed by atoms with Crippen molar-refractivity contribution < 1.29 is 8.78 Å². The fourth-order valence-electron chi connectivity index (χ4n) is 1.57. The summed E-state index contributed by atoms with van der Waals surface area (Å²) in [6.45, 7) is 1.87. The van der Waals surface area contributed by atoms with Gasteiger partial charge >= 0.3 is 0 Å². The summed E-state index contributed by atoms with van der Waals surface area (Å²) < 4.78 is 26.2. The van der Waals surface area contributed by atoms with Crippen molar-refractivity contribution in [3.05, 3.63) is 54.0 Å². The van der Waals surface area contributed by atoms with Crippen molar-refractivity contribution in [2.24, 2.45) is 0 Å². The molecule has 0 saturated carbocycles. The summed E-state index contributed by atoms with van der Waals surface area (Å²) in [7, 11) is 0. The van der Waals surface area contributed by atoms with E-state index >= 15 is 0 Å². The summed E-state index contributed by atoms with van der Waals surface area (Å²) in [4.78, 5) is 0. The van der Waals surface area contributed by atoms with Gasteiger partial charge in [-0.2, -0.15) is 0 Å². The standard InChI is InChI=1S/C12H9F2/c1-2-8-4-3-5-10-9(8)6-7-11(13)12(10)14/h2-7H,1H3. The molecule has 0 unspecified atom stereocenters. The highest BCUT2D eigenvalue weighted by atomic mass is 19.2. The minimum absolute atomic E-state index is 0.334. The molecule has 2 aromatic carbocycles. The highest BCUT2D eigenvalue weighted by Crippen LogP contribution is 2.24. The SMILES string of the molecule is C[CH]c1cccc2c(F)c(F)ccc12. The van der Waals surface area contributed by atoms with Gasteiger partial charge < -0.3 is 0 Å². The Kier molecular flexibility index (Phi) is 2.20. The van der Waals surface area contributed by atoms with Gasteiger partial charge in [-0.05, 0) is 23.4 Å². The van der Waals surface area contributed by atoms with Gasteiger partial charge in [0.2, 0.25) is 0 Å². The van der Waals surface area contributed by atoms with E-state index in [0.717, 1.165) is 17.0 Å². The van der Waals surface area contributed by atoms with Gasteiger partial charge in [-0.3, -0.25) is 0 Å². The lowest BCUT2D eigenvalue weighted by Gasteiger charge is -2.04. The van der Waals surface area contributed by atoms with Crippen molar-refractivity contribution in [2.45, 2.75) is 6.92 Å². The van der Waals surface area contributed by atoms with Crippen LogP contribution in [0.25, 0.3) is 10.8 Å². The zero-order chi connectivity index (χ0) is 10.1. The summed E-state index contributed by atoms with van der Waals surface area (Å²) in [6.07, 6.45) is 1.87. The normalized spacial score (nSPS) is 10.8. The average molecular weight is 191 g/mol. The summed E-state index contributed by atoms with van der Waals surface area (Å²) in [6, 6.07) is 7.94. The topological polar surface area (TPSA) is 0 Å². The van der Waals surface area contributed by atoms with E-state index in [9.17, 15) is 8.78 Å². The van der Waals surface area contributed by atoms with Crippen LogP contribution < -0.4 is 0 Å². The van der Waals surface area contributed by atoms with Crippen molar-refractivity contribution in [1.29, 1.82) is 0 Å². The van der Waals surface area contributed by atoms with E-state index in [1.807, 2.05) is 19.4 Å². The first-order valence-electron chi connectivity index (χ1n) is 4.40. The fourth-order valence-corrected chi connectivity index (χ4v) is 1.57. The van der Waals surface area contributed by atoms with Crippen LogP contribution >= 0.6 is 0 Å². The van der Waals surface area contributed by atoms with Gasteiger partial charge in [0, 0.05) is 5.39 Å². The molecule has 2 heteroatoms. The van der Waals surface area contributed by atoms with Crippen molar-refractivity contribution in [1.82, 2.24) is 0 Å². The van der Waals surface area contributed by atoms with E-state index in [1.165, 1.54) is 0 Å². The van der Waals surface area contributed by atoms with Crippen LogP contribution in [0.15, 0.2) is 30.3 Å². The second kappa shape index (κ2) is 3.37. The molecule has 0 saturated heterocycles. The van der Waals surface area contributed by atoms with Crippen LogP contribution in [0.3, 0.4) is 0 Å². The highest BCUT2D eigenvalue weighted by molar-refractivity contribution is 5.87. The molecule has 0 aliphatic heterocycles. The van der Waals surface area contributed by atoms with Crippen LogP contribution in [0.1, 0.15) is 12.5 Å². The molecule has 0 spiro atoms. The van der Waals surface area contributed by atoms with Gasteiger partial charge in [0.25, 0.3) is 0 Å². The number of benzene rings is 2. The molecular weight excluding hydrogens is 182 g/mol. The van der Waals surface area contributed by atoms with E-state index < -0.39 is 11.6 Å². The molecule has 71 valence electrons. The Bertz CT molecular complexity index is 475. The van der Waals surface area contributed by atoms with Gasteiger partial charge in [-0.25, -0.2) is 8.78 Å². The summed E-state index contributed by atoms with van der Waals surface area (Å²) >= 11 is 0. The third-order valence-electron chi connectivity index (χ3n) is 2.29. The number of fused-ring (bicyclic) bond motifs is 1. The Hall–Kier alpha value is -1.44. The molecule has 2 aromatic rings. The number of hydrogen-bond acceptors (Lipinski definition) is 0. The zero-order valence-corrected chi connectivity index (χ0v) is 7.72. The lowest BCUT2D eigenvalue weighted by molar-refractivity contribution is 0.517. The molecule has 0 fully saturated rings. The number of rotatable bonds is 1. The van der Waals surface area contributed by atoms with E-state index in [1.54, 1.807) is 18.2 Å². The number of halogens is 2. The first-order valence-corrected chi connectivity index (χ1v) is 4.40. The quantitative estimate of drug-likeness (QED) is 0.644. The molecule has 0 amide bonds. The van der Waals surface area contributed by atoms with Crippen molar-refractivity contribution >= 4 is 10.8 Å². The van der Waals surface area contributed by atoms with Crippen LogP contribution in [0.4, 0.5) is 8.78 Å². The Morgan fingerprint density at radius 3 is 2.50 bits per heavy atom. The minimum atomic E-state index is -0.800.